The predicted octanol–water partition coefficient (Wildman–Crippen LogP) is 5.77. The zero-order valence-electron chi connectivity index (χ0n) is 8.91. The first kappa shape index (κ1) is 13.6. The third-order valence-corrected chi connectivity index (χ3v) is 5.55. The minimum Gasteiger partial charge on any atom is -0.496 e. The van der Waals surface area contributed by atoms with E-state index >= 15 is 0 Å². The van der Waals surface area contributed by atoms with Crippen LogP contribution in [0.15, 0.2) is 37.9 Å². The number of alkyl halides is 1. The van der Waals surface area contributed by atoms with Gasteiger partial charge in [0.15, 0.2) is 0 Å². The smallest absolute Gasteiger partial charge is 0.133 e. The molecule has 1 nitrogen and oxygen atoms in total. The third-order valence-electron chi connectivity index (χ3n) is 2.35. The van der Waals surface area contributed by atoms with Crippen LogP contribution >= 0.6 is 59.1 Å². The Morgan fingerprint density at radius 2 is 1.94 bits per heavy atom. The first-order valence-corrected chi connectivity index (χ1v) is 8.21. The highest BCUT2D eigenvalue weighted by atomic mass is 79.9. The molecule has 0 spiro atoms. The minimum absolute atomic E-state index is 0.201. The van der Waals surface area contributed by atoms with Crippen LogP contribution in [-0.4, -0.2) is 7.11 Å². The second-order valence-corrected chi connectivity index (χ2v) is 7.50. The quantitative estimate of drug-likeness (QED) is 0.551. The van der Waals surface area contributed by atoms with Gasteiger partial charge in [0.25, 0.3) is 0 Å². The van der Waals surface area contributed by atoms with Crippen molar-refractivity contribution in [1.29, 1.82) is 0 Å². The SMILES string of the molecule is COc1ccc(C(Br)c2csc(Br)c2)cc1Br. The summed E-state index contributed by atoms with van der Waals surface area (Å²) >= 11 is 12.4. The molecule has 17 heavy (non-hydrogen) atoms. The van der Waals surface area contributed by atoms with Gasteiger partial charge in [-0.3, -0.25) is 0 Å². The Hall–Kier alpha value is 0.160. The van der Waals surface area contributed by atoms with Gasteiger partial charge in [0.2, 0.25) is 0 Å². The lowest BCUT2D eigenvalue weighted by Crippen LogP contribution is -1.92. The highest BCUT2D eigenvalue weighted by Gasteiger charge is 2.13. The second kappa shape index (κ2) is 5.87. The molecule has 5 heteroatoms. The van der Waals surface area contributed by atoms with Crippen molar-refractivity contribution in [3.63, 3.8) is 0 Å². The molecule has 1 aromatic heterocycles. The molecule has 1 unspecified atom stereocenters. The molecular formula is C12H9Br3OS. The molecule has 0 saturated heterocycles. The second-order valence-electron chi connectivity index (χ2n) is 3.44. The number of hydrogen-bond donors (Lipinski definition) is 0. The van der Waals surface area contributed by atoms with E-state index in [4.69, 9.17) is 4.74 Å². The summed E-state index contributed by atoms with van der Waals surface area (Å²) in [6, 6.07) is 8.23. The molecule has 1 heterocycles. The number of hydrogen-bond acceptors (Lipinski definition) is 2. The molecule has 0 radical (unpaired) electrons. The van der Waals surface area contributed by atoms with Crippen molar-refractivity contribution in [3.05, 3.63) is 49.0 Å². The maximum atomic E-state index is 5.22. The standard InChI is InChI=1S/C12H9Br3OS/c1-16-10-3-2-7(4-9(10)13)12(15)8-5-11(14)17-6-8/h2-6,12H,1H3. The van der Waals surface area contributed by atoms with Gasteiger partial charge >= 0.3 is 0 Å². The number of thiophene rings is 1. The topological polar surface area (TPSA) is 9.23 Å². The minimum atomic E-state index is 0.201. The van der Waals surface area contributed by atoms with E-state index in [0.29, 0.717) is 0 Å². The van der Waals surface area contributed by atoms with Crippen LogP contribution in [0.3, 0.4) is 0 Å². The number of benzene rings is 1. The molecule has 2 rings (SSSR count). The van der Waals surface area contributed by atoms with Crippen molar-refractivity contribution in [2.45, 2.75) is 4.83 Å². The summed E-state index contributed by atoms with van der Waals surface area (Å²) in [4.78, 5) is 0.201. The maximum Gasteiger partial charge on any atom is 0.133 e. The van der Waals surface area contributed by atoms with Crippen molar-refractivity contribution in [2.24, 2.45) is 0 Å². The maximum absolute atomic E-state index is 5.22. The highest BCUT2D eigenvalue weighted by Crippen LogP contribution is 2.37. The van der Waals surface area contributed by atoms with Crippen LogP contribution in [0.25, 0.3) is 0 Å². The summed E-state index contributed by atoms with van der Waals surface area (Å²) < 4.78 is 7.33. The molecule has 0 N–H and O–H groups in total. The molecule has 1 atom stereocenters. The van der Waals surface area contributed by atoms with Gasteiger partial charge in [-0.1, -0.05) is 22.0 Å². The molecule has 0 aliphatic rings. The Morgan fingerprint density at radius 1 is 1.18 bits per heavy atom. The van der Waals surface area contributed by atoms with E-state index in [-0.39, 0.29) is 4.83 Å². The molecule has 0 fully saturated rings. The first-order chi connectivity index (χ1) is 8.11. The van der Waals surface area contributed by atoms with Crippen molar-refractivity contribution >= 4 is 59.1 Å². The normalized spacial score (nSPS) is 12.5. The van der Waals surface area contributed by atoms with E-state index in [1.165, 1.54) is 11.1 Å². The van der Waals surface area contributed by atoms with Crippen molar-refractivity contribution in [3.8, 4) is 5.75 Å². The summed E-state index contributed by atoms with van der Waals surface area (Å²) in [7, 11) is 1.67. The van der Waals surface area contributed by atoms with Crippen LogP contribution in [0.4, 0.5) is 0 Å². The van der Waals surface area contributed by atoms with Crippen molar-refractivity contribution in [2.75, 3.05) is 7.11 Å². The summed E-state index contributed by atoms with van der Waals surface area (Å²) in [5, 5.41) is 2.14. The summed E-state index contributed by atoms with van der Waals surface area (Å²) in [5.74, 6) is 0.847. The molecule has 90 valence electrons. The lowest BCUT2D eigenvalue weighted by Gasteiger charge is -2.11. The van der Waals surface area contributed by atoms with Crippen molar-refractivity contribution < 1.29 is 4.74 Å². The Labute approximate surface area is 130 Å². The zero-order chi connectivity index (χ0) is 12.4. The average Bonchev–Trinajstić information content (AvgIpc) is 2.75. The monoisotopic (exact) mass is 438 g/mol. The number of rotatable bonds is 3. The van der Waals surface area contributed by atoms with Crippen LogP contribution in [0, 0.1) is 0 Å². The average molecular weight is 441 g/mol. The molecule has 0 aliphatic carbocycles. The van der Waals surface area contributed by atoms with Gasteiger partial charge in [-0.15, -0.1) is 11.3 Å². The van der Waals surface area contributed by atoms with Gasteiger partial charge in [0.05, 0.1) is 20.2 Å². The predicted molar refractivity (Wildman–Crippen MR) is 83.5 cm³/mol. The van der Waals surface area contributed by atoms with Crippen LogP contribution in [0.1, 0.15) is 16.0 Å². The van der Waals surface area contributed by atoms with Crippen LogP contribution in [0.5, 0.6) is 5.75 Å². The van der Waals surface area contributed by atoms with E-state index in [0.717, 1.165) is 14.0 Å². The van der Waals surface area contributed by atoms with Crippen molar-refractivity contribution in [1.82, 2.24) is 0 Å². The molecular weight excluding hydrogens is 432 g/mol. The fourth-order valence-electron chi connectivity index (χ4n) is 1.49. The molecule has 0 amide bonds. The van der Waals surface area contributed by atoms with Crippen LogP contribution in [0.2, 0.25) is 0 Å². The van der Waals surface area contributed by atoms with E-state index in [9.17, 15) is 0 Å². The van der Waals surface area contributed by atoms with E-state index < -0.39 is 0 Å². The van der Waals surface area contributed by atoms with Crippen LogP contribution in [-0.2, 0) is 0 Å². The number of methoxy groups -OCH3 is 1. The van der Waals surface area contributed by atoms with E-state index in [1.54, 1.807) is 18.4 Å². The van der Waals surface area contributed by atoms with E-state index in [1.807, 2.05) is 6.07 Å². The lowest BCUT2D eigenvalue weighted by molar-refractivity contribution is 0.412. The first-order valence-electron chi connectivity index (χ1n) is 4.83. The van der Waals surface area contributed by atoms with Gasteiger partial charge in [0, 0.05) is 0 Å². The summed E-state index contributed by atoms with van der Waals surface area (Å²) in [6.45, 7) is 0. The Balaban J connectivity index is 2.31. The third kappa shape index (κ3) is 3.13. The molecule has 0 saturated carbocycles. The Bertz CT molecular complexity index is 524. The van der Waals surface area contributed by atoms with Gasteiger partial charge < -0.3 is 4.74 Å². The van der Waals surface area contributed by atoms with Gasteiger partial charge in [-0.2, -0.15) is 0 Å². The molecule has 1 aromatic carbocycles. The lowest BCUT2D eigenvalue weighted by atomic mass is 10.1. The van der Waals surface area contributed by atoms with Gasteiger partial charge in [-0.25, -0.2) is 0 Å². The molecule has 0 aliphatic heterocycles. The van der Waals surface area contributed by atoms with E-state index in [2.05, 4.69) is 71.4 Å². The number of ether oxygens (including phenoxy) is 1. The molecule has 0 bridgehead atoms. The molecule has 2 aromatic rings. The summed E-state index contributed by atoms with van der Waals surface area (Å²) in [6.07, 6.45) is 0. The van der Waals surface area contributed by atoms with Gasteiger partial charge in [0.1, 0.15) is 5.75 Å². The largest absolute Gasteiger partial charge is 0.496 e. The zero-order valence-corrected chi connectivity index (χ0v) is 14.5. The Morgan fingerprint density at radius 3 is 2.47 bits per heavy atom. The Kier molecular flexibility index (Phi) is 4.69. The fraction of sp³-hybridized carbons (Fsp3) is 0.167. The fourth-order valence-corrected chi connectivity index (χ4v) is 3.97. The van der Waals surface area contributed by atoms with Crippen LogP contribution < -0.4 is 4.74 Å². The van der Waals surface area contributed by atoms with Gasteiger partial charge in [-0.05, 0) is 66.6 Å². The highest BCUT2D eigenvalue weighted by molar-refractivity contribution is 9.11. The number of halogens is 3. The summed E-state index contributed by atoms with van der Waals surface area (Å²) in [5.41, 5.74) is 2.45.